The SMILES string of the molecule is Clc1cc(Br)ccc1CNc1ccc(Br)c(Cl)c1Cl. The number of hydrogen-bond donors (Lipinski definition) is 1. The Bertz CT molecular complexity index is 617. The monoisotopic (exact) mass is 441 g/mol. The quantitative estimate of drug-likeness (QED) is 0.515. The van der Waals surface area contributed by atoms with E-state index in [-0.39, 0.29) is 0 Å². The molecule has 6 heteroatoms. The van der Waals surface area contributed by atoms with Crippen molar-refractivity contribution in [3.8, 4) is 0 Å². The summed E-state index contributed by atoms with van der Waals surface area (Å²) in [5.41, 5.74) is 1.76. The van der Waals surface area contributed by atoms with Crippen LogP contribution in [0.1, 0.15) is 5.56 Å². The Labute approximate surface area is 143 Å². The third-order valence-electron chi connectivity index (χ3n) is 2.52. The fourth-order valence-corrected chi connectivity index (χ4v) is 3.10. The number of anilines is 1. The highest BCUT2D eigenvalue weighted by atomic mass is 79.9. The second-order valence-electron chi connectivity index (χ2n) is 3.81. The second kappa shape index (κ2) is 6.68. The van der Waals surface area contributed by atoms with E-state index >= 15 is 0 Å². The fourth-order valence-electron chi connectivity index (χ4n) is 1.52. The highest BCUT2D eigenvalue weighted by Gasteiger charge is 2.09. The van der Waals surface area contributed by atoms with Gasteiger partial charge in [-0.25, -0.2) is 0 Å². The molecule has 1 nitrogen and oxygen atoms in total. The minimum absolute atomic E-state index is 0.490. The summed E-state index contributed by atoms with van der Waals surface area (Å²) in [5, 5.41) is 4.90. The van der Waals surface area contributed by atoms with E-state index in [1.165, 1.54) is 0 Å². The van der Waals surface area contributed by atoms with Crippen LogP contribution in [-0.4, -0.2) is 0 Å². The Morgan fingerprint density at radius 3 is 2.37 bits per heavy atom. The van der Waals surface area contributed by atoms with Crippen molar-refractivity contribution in [3.63, 3.8) is 0 Å². The molecule has 0 aliphatic rings. The standard InChI is InChI=1S/C13H8Br2Cl3N/c14-8-2-1-7(10(16)5-8)6-19-11-4-3-9(15)12(17)13(11)18/h1-5,19H,6H2. The van der Waals surface area contributed by atoms with Crippen LogP contribution in [-0.2, 0) is 6.54 Å². The van der Waals surface area contributed by atoms with Crippen LogP contribution < -0.4 is 5.32 Å². The van der Waals surface area contributed by atoms with E-state index in [9.17, 15) is 0 Å². The van der Waals surface area contributed by atoms with Crippen LogP contribution in [0, 0.1) is 0 Å². The first-order valence-corrected chi connectivity index (χ1v) is 8.02. The van der Waals surface area contributed by atoms with Gasteiger partial charge in [0.05, 0.1) is 15.7 Å². The molecule has 0 spiro atoms. The van der Waals surface area contributed by atoms with Gasteiger partial charge in [0.15, 0.2) is 0 Å². The Kier molecular flexibility index (Phi) is 5.44. The lowest BCUT2D eigenvalue weighted by molar-refractivity contribution is 1.15. The maximum absolute atomic E-state index is 6.16. The van der Waals surface area contributed by atoms with Gasteiger partial charge in [-0.15, -0.1) is 0 Å². The average molecular weight is 444 g/mol. The summed E-state index contributed by atoms with van der Waals surface area (Å²) in [7, 11) is 0. The molecule has 0 aliphatic heterocycles. The Hall–Kier alpha value is 0.0700. The van der Waals surface area contributed by atoms with Crippen LogP contribution >= 0.6 is 66.7 Å². The molecule has 0 atom stereocenters. The fraction of sp³-hybridized carbons (Fsp3) is 0.0769. The summed E-state index contributed by atoms with van der Waals surface area (Å²) < 4.78 is 1.72. The van der Waals surface area contributed by atoms with E-state index in [0.717, 1.165) is 20.2 Å². The molecule has 0 amide bonds. The predicted molar refractivity (Wildman–Crippen MR) is 90.6 cm³/mol. The van der Waals surface area contributed by atoms with E-state index < -0.39 is 0 Å². The number of rotatable bonds is 3. The zero-order valence-corrected chi connectivity index (χ0v) is 14.9. The predicted octanol–water partition coefficient (Wildman–Crippen LogP) is 6.78. The highest BCUT2D eigenvalue weighted by molar-refractivity contribution is 9.10. The minimum Gasteiger partial charge on any atom is -0.380 e. The molecule has 1 N–H and O–H groups in total. The molecule has 100 valence electrons. The van der Waals surface area contributed by atoms with Gasteiger partial charge in [0.2, 0.25) is 0 Å². The maximum atomic E-state index is 6.16. The Balaban J connectivity index is 2.17. The lowest BCUT2D eigenvalue weighted by atomic mass is 10.2. The third kappa shape index (κ3) is 3.79. The molecule has 19 heavy (non-hydrogen) atoms. The van der Waals surface area contributed by atoms with E-state index in [1.807, 2.05) is 30.3 Å². The van der Waals surface area contributed by atoms with E-state index in [4.69, 9.17) is 34.8 Å². The molecule has 0 bridgehead atoms. The zero-order chi connectivity index (χ0) is 14.0. The summed E-state index contributed by atoms with van der Waals surface area (Å²) in [5.74, 6) is 0. The van der Waals surface area contributed by atoms with E-state index in [1.54, 1.807) is 0 Å². The lowest BCUT2D eigenvalue weighted by Crippen LogP contribution is -2.01. The van der Waals surface area contributed by atoms with Crippen LogP contribution in [0.4, 0.5) is 5.69 Å². The smallest absolute Gasteiger partial charge is 0.0835 e. The van der Waals surface area contributed by atoms with Crippen molar-refractivity contribution >= 4 is 72.4 Å². The van der Waals surface area contributed by atoms with Gasteiger partial charge in [-0.2, -0.15) is 0 Å². The van der Waals surface area contributed by atoms with Gasteiger partial charge in [0, 0.05) is 20.5 Å². The first-order valence-electron chi connectivity index (χ1n) is 5.30. The van der Waals surface area contributed by atoms with Gasteiger partial charge >= 0.3 is 0 Å². The van der Waals surface area contributed by atoms with Crippen molar-refractivity contribution in [1.29, 1.82) is 0 Å². The first kappa shape index (κ1) is 15.5. The number of nitrogens with one attached hydrogen (secondary N) is 1. The van der Waals surface area contributed by atoms with Gasteiger partial charge in [-0.3, -0.25) is 0 Å². The summed E-state index contributed by atoms with van der Waals surface area (Å²) in [6.07, 6.45) is 0. The molecule has 0 saturated carbocycles. The van der Waals surface area contributed by atoms with Crippen LogP contribution in [0.5, 0.6) is 0 Å². The third-order valence-corrected chi connectivity index (χ3v) is 5.14. The molecule has 0 unspecified atom stereocenters. The molecule has 2 aromatic rings. The number of benzene rings is 2. The Morgan fingerprint density at radius 1 is 0.947 bits per heavy atom. The topological polar surface area (TPSA) is 12.0 Å². The van der Waals surface area contributed by atoms with Gasteiger partial charge in [-0.1, -0.05) is 56.8 Å². The van der Waals surface area contributed by atoms with Gasteiger partial charge in [0.25, 0.3) is 0 Å². The van der Waals surface area contributed by atoms with Crippen molar-refractivity contribution in [2.45, 2.75) is 6.54 Å². The van der Waals surface area contributed by atoms with Gasteiger partial charge < -0.3 is 5.32 Å². The van der Waals surface area contributed by atoms with Gasteiger partial charge in [0.1, 0.15) is 0 Å². The molecule has 2 aromatic carbocycles. The van der Waals surface area contributed by atoms with Gasteiger partial charge in [-0.05, 0) is 45.8 Å². The largest absolute Gasteiger partial charge is 0.380 e. The highest BCUT2D eigenvalue weighted by Crippen LogP contribution is 2.36. The summed E-state index contributed by atoms with van der Waals surface area (Å²) in [4.78, 5) is 0. The maximum Gasteiger partial charge on any atom is 0.0835 e. The number of halogens is 5. The van der Waals surface area contributed by atoms with Crippen molar-refractivity contribution in [1.82, 2.24) is 0 Å². The summed E-state index contributed by atoms with van der Waals surface area (Å²) in [6.45, 7) is 0.573. The normalized spacial score (nSPS) is 10.6. The molecule has 0 aliphatic carbocycles. The van der Waals surface area contributed by atoms with E-state index in [0.29, 0.717) is 21.6 Å². The Morgan fingerprint density at radius 2 is 1.68 bits per heavy atom. The average Bonchev–Trinajstić information content (AvgIpc) is 2.37. The molecule has 0 fully saturated rings. The van der Waals surface area contributed by atoms with Crippen LogP contribution in [0.3, 0.4) is 0 Å². The lowest BCUT2D eigenvalue weighted by Gasteiger charge is -2.11. The zero-order valence-electron chi connectivity index (χ0n) is 9.48. The van der Waals surface area contributed by atoms with Crippen molar-refractivity contribution in [2.24, 2.45) is 0 Å². The first-order chi connectivity index (χ1) is 8.99. The van der Waals surface area contributed by atoms with Crippen LogP contribution in [0.2, 0.25) is 15.1 Å². The summed E-state index contributed by atoms with van der Waals surface area (Å²) in [6, 6.07) is 9.46. The molecular formula is C13H8Br2Cl3N. The molecule has 0 radical (unpaired) electrons. The summed E-state index contributed by atoms with van der Waals surface area (Å²) >= 11 is 25.1. The van der Waals surface area contributed by atoms with E-state index in [2.05, 4.69) is 37.2 Å². The molecular weight excluding hydrogens is 436 g/mol. The number of hydrogen-bond acceptors (Lipinski definition) is 1. The van der Waals surface area contributed by atoms with Crippen molar-refractivity contribution in [2.75, 3.05) is 5.32 Å². The van der Waals surface area contributed by atoms with Crippen LogP contribution in [0.25, 0.3) is 0 Å². The molecule has 0 saturated heterocycles. The van der Waals surface area contributed by atoms with Crippen molar-refractivity contribution in [3.05, 3.63) is 59.9 Å². The van der Waals surface area contributed by atoms with Crippen LogP contribution in [0.15, 0.2) is 39.3 Å². The second-order valence-corrected chi connectivity index (χ2v) is 6.75. The van der Waals surface area contributed by atoms with Crippen molar-refractivity contribution < 1.29 is 0 Å². The molecule has 0 heterocycles. The molecule has 2 rings (SSSR count). The minimum atomic E-state index is 0.490. The molecule has 0 aromatic heterocycles.